The fourth-order valence-corrected chi connectivity index (χ4v) is 1.75. The van der Waals surface area contributed by atoms with Crippen LogP contribution in [0.3, 0.4) is 0 Å². The molecule has 1 aromatic rings. The van der Waals surface area contributed by atoms with Crippen molar-refractivity contribution in [3.8, 4) is 0 Å². The number of hydrogen-bond donors (Lipinski definition) is 0. The Morgan fingerprint density at radius 2 is 2.33 bits per heavy atom. The van der Waals surface area contributed by atoms with E-state index in [0.717, 1.165) is 0 Å². The third-order valence-corrected chi connectivity index (χ3v) is 2.35. The quantitative estimate of drug-likeness (QED) is 0.579. The van der Waals surface area contributed by atoms with Crippen LogP contribution in [0.25, 0.3) is 0 Å². The minimum absolute atomic E-state index is 0.116. The van der Waals surface area contributed by atoms with E-state index < -0.39 is 4.92 Å². The lowest BCUT2D eigenvalue weighted by Crippen LogP contribution is -1.96. The van der Waals surface area contributed by atoms with E-state index in [4.69, 9.17) is 0 Å². The second-order valence-corrected chi connectivity index (χ2v) is 3.03. The molecule has 0 radical (unpaired) electrons. The van der Waals surface area contributed by atoms with Crippen molar-refractivity contribution < 1.29 is 4.92 Å². The molecular formula is C6H8BrN3O2. The van der Waals surface area contributed by atoms with E-state index in [-0.39, 0.29) is 5.82 Å². The Bertz CT molecular complexity index is 321. The summed E-state index contributed by atoms with van der Waals surface area (Å²) in [5, 5.41) is 10.4. The first kappa shape index (κ1) is 9.18. The Morgan fingerprint density at radius 1 is 1.75 bits per heavy atom. The zero-order valence-corrected chi connectivity index (χ0v) is 8.33. The van der Waals surface area contributed by atoms with Crippen molar-refractivity contribution in [2.75, 3.05) is 0 Å². The van der Waals surface area contributed by atoms with Crippen molar-refractivity contribution in [3.05, 3.63) is 20.5 Å². The summed E-state index contributed by atoms with van der Waals surface area (Å²) in [6.07, 6.45) is 0. The van der Waals surface area contributed by atoms with Gasteiger partial charge in [-0.15, -0.1) is 0 Å². The van der Waals surface area contributed by atoms with Crippen LogP contribution in [0, 0.1) is 17.0 Å². The van der Waals surface area contributed by atoms with Crippen LogP contribution in [-0.4, -0.2) is 14.5 Å². The molecule has 5 nitrogen and oxygen atoms in total. The van der Waals surface area contributed by atoms with E-state index in [9.17, 15) is 10.1 Å². The van der Waals surface area contributed by atoms with E-state index >= 15 is 0 Å². The summed E-state index contributed by atoms with van der Waals surface area (Å²) in [6, 6.07) is 0. The average Bonchev–Trinajstić information content (AvgIpc) is 2.27. The zero-order chi connectivity index (χ0) is 9.30. The van der Waals surface area contributed by atoms with Crippen molar-refractivity contribution in [1.82, 2.24) is 9.55 Å². The molecular weight excluding hydrogens is 226 g/mol. The fourth-order valence-electron chi connectivity index (χ4n) is 1.01. The van der Waals surface area contributed by atoms with Gasteiger partial charge in [0.2, 0.25) is 5.82 Å². The summed E-state index contributed by atoms with van der Waals surface area (Å²) in [5.41, 5.74) is 0. The molecule has 0 bridgehead atoms. The van der Waals surface area contributed by atoms with Gasteiger partial charge in [0.05, 0.1) is 0 Å². The van der Waals surface area contributed by atoms with Gasteiger partial charge in [0.15, 0.2) is 4.60 Å². The molecule has 12 heavy (non-hydrogen) atoms. The van der Waals surface area contributed by atoms with Crippen LogP contribution in [0.15, 0.2) is 4.60 Å². The van der Waals surface area contributed by atoms with Crippen molar-refractivity contribution in [1.29, 1.82) is 0 Å². The number of imidazole rings is 1. The first-order valence-electron chi connectivity index (χ1n) is 3.45. The number of nitro groups is 1. The number of rotatable bonds is 2. The van der Waals surface area contributed by atoms with Gasteiger partial charge in [-0.3, -0.25) is 4.57 Å². The summed E-state index contributed by atoms with van der Waals surface area (Å²) < 4.78 is 2.17. The average molecular weight is 234 g/mol. The summed E-state index contributed by atoms with van der Waals surface area (Å²) in [5.74, 6) is 0.533. The van der Waals surface area contributed by atoms with E-state index in [1.54, 1.807) is 11.5 Å². The van der Waals surface area contributed by atoms with Gasteiger partial charge in [0.1, 0.15) is 0 Å². The number of halogens is 1. The van der Waals surface area contributed by atoms with E-state index in [0.29, 0.717) is 17.0 Å². The van der Waals surface area contributed by atoms with Crippen molar-refractivity contribution in [3.63, 3.8) is 0 Å². The molecule has 1 heterocycles. The molecule has 0 spiro atoms. The first-order valence-corrected chi connectivity index (χ1v) is 4.24. The monoisotopic (exact) mass is 233 g/mol. The molecule has 0 N–H and O–H groups in total. The highest BCUT2D eigenvalue weighted by atomic mass is 79.9. The molecule has 0 aliphatic carbocycles. The summed E-state index contributed by atoms with van der Waals surface area (Å²) in [6.45, 7) is 4.32. The second kappa shape index (κ2) is 3.22. The Kier molecular flexibility index (Phi) is 2.46. The first-order chi connectivity index (χ1) is 5.57. The Labute approximate surface area is 77.7 Å². The molecule has 0 aliphatic heterocycles. The van der Waals surface area contributed by atoms with Gasteiger partial charge < -0.3 is 10.1 Å². The van der Waals surface area contributed by atoms with Gasteiger partial charge >= 0.3 is 5.82 Å². The highest BCUT2D eigenvalue weighted by Gasteiger charge is 2.21. The van der Waals surface area contributed by atoms with Gasteiger partial charge in [-0.05, 0) is 32.8 Å². The Balaban J connectivity index is 3.26. The molecule has 0 fully saturated rings. The molecule has 0 saturated heterocycles. The summed E-state index contributed by atoms with van der Waals surface area (Å²) in [4.78, 5) is 13.7. The summed E-state index contributed by atoms with van der Waals surface area (Å²) >= 11 is 3.12. The highest BCUT2D eigenvalue weighted by Crippen LogP contribution is 2.24. The highest BCUT2D eigenvalue weighted by molar-refractivity contribution is 9.10. The standard InChI is InChI=1S/C6H8BrN3O2/c1-3-9-4(2)8-6(5(9)7)10(11)12/h3H2,1-2H3. The topological polar surface area (TPSA) is 61.0 Å². The predicted octanol–water partition coefficient (Wildman–Crippen LogP) is 1.88. The van der Waals surface area contributed by atoms with E-state index in [1.165, 1.54) is 0 Å². The SMILES string of the molecule is CCn1c(C)nc([N+](=O)[O-])c1Br. The van der Waals surface area contributed by atoms with Crippen LogP contribution in [0.4, 0.5) is 5.82 Å². The van der Waals surface area contributed by atoms with Crippen molar-refractivity contribution in [2.24, 2.45) is 0 Å². The number of hydrogen-bond acceptors (Lipinski definition) is 3. The zero-order valence-electron chi connectivity index (χ0n) is 6.74. The minimum Gasteiger partial charge on any atom is -0.358 e. The van der Waals surface area contributed by atoms with Crippen LogP contribution in [0.2, 0.25) is 0 Å². The molecule has 1 rings (SSSR count). The predicted molar refractivity (Wildman–Crippen MR) is 47.0 cm³/mol. The molecule has 0 unspecified atom stereocenters. The maximum Gasteiger partial charge on any atom is 0.396 e. The lowest BCUT2D eigenvalue weighted by Gasteiger charge is -1.96. The van der Waals surface area contributed by atoms with Crippen LogP contribution in [-0.2, 0) is 6.54 Å². The number of nitrogens with zero attached hydrogens (tertiary/aromatic N) is 3. The van der Waals surface area contributed by atoms with Crippen LogP contribution in [0.1, 0.15) is 12.7 Å². The van der Waals surface area contributed by atoms with Gasteiger partial charge in [-0.2, -0.15) is 0 Å². The van der Waals surface area contributed by atoms with Gasteiger partial charge in [0, 0.05) is 13.5 Å². The van der Waals surface area contributed by atoms with Gasteiger partial charge in [-0.25, -0.2) is 0 Å². The summed E-state index contributed by atoms with van der Waals surface area (Å²) in [7, 11) is 0. The van der Waals surface area contributed by atoms with Gasteiger partial charge in [0.25, 0.3) is 0 Å². The largest absolute Gasteiger partial charge is 0.396 e. The van der Waals surface area contributed by atoms with E-state index in [2.05, 4.69) is 20.9 Å². The molecule has 66 valence electrons. The number of aryl methyl sites for hydroxylation is 1. The van der Waals surface area contributed by atoms with Crippen LogP contribution < -0.4 is 0 Å². The normalized spacial score (nSPS) is 10.2. The van der Waals surface area contributed by atoms with Crippen molar-refractivity contribution >= 4 is 21.7 Å². The smallest absolute Gasteiger partial charge is 0.358 e. The fraction of sp³-hybridized carbons (Fsp3) is 0.500. The molecule has 0 aliphatic rings. The molecule has 0 aromatic carbocycles. The maximum atomic E-state index is 10.4. The molecule has 0 saturated carbocycles. The second-order valence-electron chi connectivity index (χ2n) is 2.27. The van der Waals surface area contributed by atoms with Crippen LogP contribution in [0.5, 0.6) is 0 Å². The van der Waals surface area contributed by atoms with E-state index in [1.807, 2.05) is 6.92 Å². The minimum atomic E-state index is -0.497. The van der Waals surface area contributed by atoms with Crippen LogP contribution >= 0.6 is 15.9 Å². The number of aromatic nitrogens is 2. The maximum absolute atomic E-state index is 10.4. The molecule has 6 heteroatoms. The third kappa shape index (κ3) is 1.34. The Hall–Kier alpha value is -0.910. The van der Waals surface area contributed by atoms with Crippen molar-refractivity contribution in [2.45, 2.75) is 20.4 Å². The Morgan fingerprint density at radius 3 is 2.58 bits per heavy atom. The molecule has 0 atom stereocenters. The lowest BCUT2D eigenvalue weighted by atomic mass is 10.6. The van der Waals surface area contributed by atoms with Gasteiger partial charge in [-0.1, -0.05) is 0 Å². The lowest BCUT2D eigenvalue weighted by molar-refractivity contribution is -0.390. The molecule has 1 aromatic heterocycles. The molecule has 0 amide bonds. The third-order valence-electron chi connectivity index (χ3n) is 1.57.